The molecule has 0 unspecified atom stereocenters. The number of amides is 2. The van der Waals surface area contributed by atoms with Crippen molar-refractivity contribution >= 4 is 29.4 Å². The highest BCUT2D eigenvalue weighted by Crippen LogP contribution is 2.48. The number of aromatic nitrogens is 2. The lowest BCUT2D eigenvalue weighted by atomic mass is 9.99. The van der Waals surface area contributed by atoms with Gasteiger partial charge in [-0.2, -0.15) is 5.10 Å². The number of aryl methyl sites for hydroxylation is 1. The zero-order valence-electron chi connectivity index (χ0n) is 22.5. The van der Waals surface area contributed by atoms with E-state index in [9.17, 15) is 14.0 Å². The monoisotopic (exact) mass is 558 g/mol. The average Bonchev–Trinajstić information content (AvgIpc) is 3.28. The van der Waals surface area contributed by atoms with Crippen LogP contribution in [0.1, 0.15) is 28.4 Å². The number of hydrogen-bond acceptors (Lipinski definition) is 5. The number of carbonyl (C=O) groups is 2. The van der Waals surface area contributed by atoms with Gasteiger partial charge in [-0.25, -0.2) is 9.07 Å². The number of fused-ring (bicyclic) bond motifs is 1. The molecule has 5 rings (SSSR count). The highest BCUT2D eigenvalue weighted by atomic mass is 32.2. The van der Waals surface area contributed by atoms with Crippen molar-refractivity contribution in [3.63, 3.8) is 0 Å². The summed E-state index contributed by atoms with van der Waals surface area (Å²) in [6, 6.07) is 24.0. The van der Waals surface area contributed by atoms with E-state index in [1.54, 1.807) is 17.9 Å². The maximum absolute atomic E-state index is 14.5. The fourth-order valence-electron chi connectivity index (χ4n) is 4.84. The van der Waals surface area contributed by atoms with Gasteiger partial charge in [-0.15, -0.1) is 11.8 Å². The van der Waals surface area contributed by atoms with Crippen molar-refractivity contribution in [1.82, 2.24) is 15.1 Å². The molecule has 1 aromatic heterocycles. The molecule has 0 fully saturated rings. The molecule has 1 aliphatic rings. The summed E-state index contributed by atoms with van der Waals surface area (Å²) in [5.74, 6) is -0.210. The summed E-state index contributed by atoms with van der Waals surface area (Å²) in [6.45, 7) is 2.79. The largest absolute Gasteiger partial charge is 0.385 e. The number of nitrogens with zero attached hydrogens (tertiary/aromatic N) is 3. The second-order valence-corrected chi connectivity index (χ2v) is 10.7. The van der Waals surface area contributed by atoms with Gasteiger partial charge in [-0.05, 0) is 48.7 Å². The van der Waals surface area contributed by atoms with E-state index >= 15 is 0 Å². The van der Waals surface area contributed by atoms with Gasteiger partial charge >= 0.3 is 0 Å². The van der Waals surface area contributed by atoms with Gasteiger partial charge in [0.15, 0.2) is 0 Å². The van der Waals surface area contributed by atoms with Crippen LogP contribution in [0.25, 0.3) is 16.9 Å². The Bertz CT molecular complexity index is 1510. The first kappa shape index (κ1) is 27.6. The maximum Gasteiger partial charge on any atom is 0.240 e. The van der Waals surface area contributed by atoms with E-state index < -0.39 is 5.25 Å². The molecule has 1 aliphatic heterocycles. The van der Waals surface area contributed by atoms with Crippen molar-refractivity contribution in [1.29, 1.82) is 0 Å². The van der Waals surface area contributed by atoms with Gasteiger partial charge in [0, 0.05) is 31.4 Å². The van der Waals surface area contributed by atoms with Gasteiger partial charge in [0.25, 0.3) is 0 Å². The van der Waals surface area contributed by atoms with Crippen molar-refractivity contribution in [3.05, 3.63) is 101 Å². The average molecular weight is 559 g/mol. The van der Waals surface area contributed by atoms with Crippen molar-refractivity contribution < 1.29 is 18.7 Å². The van der Waals surface area contributed by atoms with Crippen LogP contribution in [-0.2, 0) is 14.3 Å². The number of benzene rings is 3. The quantitative estimate of drug-likeness (QED) is 0.282. The number of hydrogen-bond donors (Lipinski definition) is 1. The molecule has 0 spiro atoms. The Morgan fingerprint density at radius 1 is 1.10 bits per heavy atom. The molecule has 3 aromatic carbocycles. The van der Waals surface area contributed by atoms with E-state index in [2.05, 4.69) is 5.32 Å². The number of halogens is 1. The highest BCUT2D eigenvalue weighted by Gasteiger charge is 2.37. The minimum atomic E-state index is -0.391. The van der Waals surface area contributed by atoms with Crippen LogP contribution in [-0.4, -0.2) is 54.2 Å². The van der Waals surface area contributed by atoms with Gasteiger partial charge < -0.3 is 10.1 Å². The molecule has 40 heavy (non-hydrogen) atoms. The number of methoxy groups -OCH3 is 1. The Hall–Kier alpha value is -3.95. The van der Waals surface area contributed by atoms with Gasteiger partial charge in [-0.1, -0.05) is 54.6 Å². The fourth-order valence-corrected chi connectivity index (χ4v) is 6.03. The van der Waals surface area contributed by atoms with Crippen molar-refractivity contribution in [3.8, 4) is 16.9 Å². The minimum Gasteiger partial charge on any atom is -0.385 e. The molecule has 0 aliphatic carbocycles. The Labute approximate surface area is 237 Å². The fraction of sp³-hybridized carbons (Fsp3) is 0.258. The van der Waals surface area contributed by atoms with E-state index in [4.69, 9.17) is 9.84 Å². The predicted octanol–water partition coefficient (Wildman–Crippen LogP) is 5.31. The van der Waals surface area contributed by atoms with Gasteiger partial charge in [0.1, 0.15) is 18.2 Å². The van der Waals surface area contributed by atoms with E-state index in [0.717, 1.165) is 27.9 Å². The number of rotatable bonds is 9. The minimum absolute atomic E-state index is 0.120. The SMILES string of the molecule is COCCCNC(=O)CN1C(=O)CS[C@H](c2cccc(F)c2)c2c(-c3ccccc3)nn(-c3cccc(C)c3)c21. The third kappa shape index (κ3) is 5.95. The molecular formula is C31H31FN4O3S. The molecule has 7 nitrogen and oxygen atoms in total. The summed E-state index contributed by atoms with van der Waals surface area (Å²) < 4.78 is 21.3. The Morgan fingerprint density at radius 2 is 1.90 bits per heavy atom. The van der Waals surface area contributed by atoms with Crippen LogP contribution in [0.15, 0.2) is 78.9 Å². The van der Waals surface area contributed by atoms with E-state index in [-0.39, 0.29) is 29.9 Å². The van der Waals surface area contributed by atoms with E-state index in [0.29, 0.717) is 31.1 Å². The Balaban J connectivity index is 1.71. The van der Waals surface area contributed by atoms with Crippen LogP contribution < -0.4 is 10.2 Å². The van der Waals surface area contributed by atoms with Crippen LogP contribution in [0.3, 0.4) is 0 Å². The molecule has 2 heterocycles. The van der Waals surface area contributed by atoms with Crippen LogP contribution in [0.5, 0.6) is 0 Å². The number of carbonyl (C=O) groups excluding carboxylic acids is 2. The summed E-state index contributed by atoms with van der Waals surface area (Å²) in [7, 11) is 1.61. The molecule has 2 amide bonds. The molecule has 1 atom stereocenters. The lowest BCUT2D eigenvalue weighted by molar-refractivity contribution is -0.122. The first-order chi connectivity index (χ1) is 19.5. The summed E-state index contributed by atoms with van der Waals surface area (Å²) in [4.78, 5) is 28.3. The maximum atomic E-state index is 14.5. The molecule has 206 valence electrons. The van der Waals surface area contributed by atoms with Crippen LogP contribution >= 0.6 is 11.8 Å². The van der Waals surface area contributed by atoms with Crippen LogP contribution in [0, 0.1) is 12.7 Å². The van der Waals surface area contributed by atoms with Crippen molar-refractivity contribution in [2.24, 2.45) is 0 Å². The lowest BCUT2D eigenvalue weighted by Gasteiger charge is -2.23. The van der Waals surface area contributed by atoms with Gasteiger partial charge in [-0.3, -0.25) is 14.5 Å². The lowest BCUT2D eigenvalue weighted by Crippen LogP contribution is -2.42. The second-order valence-electron chi connectivity index (χ2n) is 9.62. The normalized spacial score (nSPS) is 15.0. The first-order valence-electron chi connectivity index (χ1n) is 13.1. The molecule has 4 aromatic rings. The highest BCUT2D eigenvalue weighted by molar-refractivity contribution is 8.00. The van der Waals surface area contributed by atoms with Crippen molar-refractivity contribution in [2.45, 2.75) is 18.6 Å². The molecule has 9 heteroatoms. The number of anilines is 1. The third-order valence-electron chi connectivity index (χ3n) is 6.68. The zero-order chi connectivity index (χ0) is 28.1. The Morgan fingerprint density at radius 3 is 2.65 bits per heavy atom. The zero-order valence-corrected chi connectivity index (χ0v) is 23.3. The second kappa shape index (κ2) is 12.5. The summed E-state index contributed by atoms with van der Waals surface area (Å²) in [5, 5.41) is 7.56. The summed E-state index contributed by atoms with van der Waals surface area (Å²) in [6.07, 6.45) is 0.665. The van der Waals surface area contributed by atoms with Crippen molar-refractivity contribution in [2.75, 3.05) is 37.5 Å². The number of thioether (sulfide) groups is 1. The summed E-state index contributed by atoms with van der Waals surface area (Å²) >= 11 is 1.41. The molecule has 1 N–H and O–H groups in total. The topological polar surface area (TPSA) is 76.5 Å². The molecule has 0 saturated heterocycles. The molecular weight excluding hydrogens is 527 g/mol. The molecule has 0 bridgehead atoms. The van der Waals surface area contributed by atoms with E-state index in [1.807, 2.05) is 67.6 Å². The molecule has 0 radical (unpaired) electrons. The standard InChI is InChI=1S/C31H31FN4O3S/c1-21-9-6-14-25(17-21)36-31-28(29(34-36)22-10-4-3-5-11-22)30(23-12-7-13-24(32)18-23)40-20-27(38)35(31)19-26(37)33-15-8-16-39-2/h3-7,9-14,17-18,30H,8,15-16,19-20H2,1-2H3,(H,33,37)/t30-/m1/s1. The predicted molar refractivity (Wildman–Crippen MR) is 156 cm³/mol. The van der Waals surface area contributed by atoms with Crippen LogP contribution in [0.2, 0.25) is 0 Å². The van der Waals surface area contributed by atoms with Gasteiger partial charge in [0.05, 0.1) is 22.4 Å². The van der Waals surface area contributed by atoms with E-state index in [1.165, 1.54) is 28.8 Å². The third-order valence-corrected chi connectivity index (χ3v) is 7.94. The number of nitrogens with one attached hydrogen (secondary N) is 1. The van der Waals surface area contributed by atoms with Gasteiger partial charge in [0.2, 0.25) is 11.8 Å². The summed E-state index contributed by atoms with van der Waals surface area (Å²) in [5.41, 5.74) is 4.83. The Kier molecular flexibility index (Phi) is 8.62. The first-order valence-corrected chi connectivity index (χ1v) is 14.2. The smallest absolute Gasteiger partial charge is 0.240 e. The number of ether oxygens (including phenoxy) is 1. The van der Waals surface area contributed by atoms with Crippen LogP contribution in [0.4, 0.5) is 10.2 Å². The molecule has 0 saturated carbocycles.